The van der Waals surface area contributed by atoms with Crippen LogP contribution < -0.4 is 15.0 Å². The zero-order valence-corrected chi connectivity index (χ0v) is 22.3. The molecule has 1 atom stereocenters. The van der Waals surface area contributed by atoms with Crippen LogP contribution in [0.3, 0.4) is 0 Å². The Hall–Kier alpha value is -5.52. The molecule has 0 aliphatic rings. The van der Waals surface area contributed by atoms with E-state index in [1.165, 1.54) is 31.3 Å². The Morgan fingerprint density at radius 3 is 2.68 bits per heavy atom. The van der Waals surface area contributed by atoms with Gasteiger partial charge in [-0.05, 0) is 56.3 Å². The molecular formula is C29H24N4O8. The monoisotopic (exact) mass is 556 g/mol. The van der Waals surface area contributed by atoms with Crippen molar-refractivity contribution >= 4 is 39.7 Å². The number of fused-ring (bicyclic) bond motifs is 2. The molecule has 0 bridgehead atoms. The highest BCUT2D eigenvalue weighted by molar-refractivity contribution is 5.89. The van der Waals surface area contributed by atoms with Gasteiger partial charge in [-0.3, -0.25) is 14.9 Å². The van der Waals surface area contributed by atoms with Gasteiger partial charge in [-0.15, -0.1) is 0 Å². The second kappa shape index (κ2) is 11.3. The van der Waals surface area contributed by atoms with Crippen molar-refractivity contribution in [3.05, 3.63) is 92.8 Å². The van der Waals surface area contributed by atoms with E-state index >= 15 is 0 Å². The van der Waals surface area contributed by atoms with E-state index in [0.717, 1.165) is 4.68 Å². The standard InChI is InChI=1S/C29H24N4O8/c1-4-39-29(35)17(2)40-25-13-12-18(14-22(25)33(36)37)16-30-32-27(31-21-9-6-5-8-19(21)28(32)34)26-15-20-23(38-3)10-7-11-24(20)41-26/h5-17H,4H2,1-3H3/t17-/m1/s1. The molecule has 0 amide bonds. The van der Waals surface area contributed by atoms with E-state index in [-0.39, 0.29) is 23.9 Å². The molecule has 12 nitrogen and oxygen atoms in total. The number of rotatable bonds is 9. The van der Waals surface area contributed by atoms with Gasteiger partial charge in [-0.2, -0.15) is 9.78 Å². The second-order valence-electron chi connectivity index (χ2n) is 8.79. The molecule has 0 saturated carbocycles. The van der Waals surface area contributed by atoms with Crippen molar-refractivity contribution in [2.45, 2.75) is 20.0 Å². The summed E-state index contributed by atoms with van der Waals surface area (Å²) in [5, 5.41) is 17.1. The lowest BCUT2D eigenvalue weighted by Gasteiger charge is -2.13. The molecule has 0 spiro atoms. The van der Waals surface area contributed by atoms with Gasteiger partial charge in [-0.1, -0.05) is 18.2 Å². The Labute approximate surface area is 232 Å². The number of ether oxygens (including phenoxy) is 3. The average molecular weight is 557 g/mol. The predicted molar refractivity (Wildman–Crippen MR) is 151 cm³/mol. The minimum absolute atomic E-state index is 0.117. The second-order valence-corrected chi connectivity index (χ2v) is 8.79. The minimum atomic E-state index is -1.06. The number of hydrogen-bond donors (Lipinski definition) is 0. The minimum Gasteiger partial charge on any atom is -0.496 e. The van der Waals surface area contributed by atoms with E-state index < -0.39 is 28.2 Å². The van der Waals surface area contributed by atoms with Crippen LogP contribution in [0.4, 0.5) is 5.69 Å². The van der Waals surface area contributed by atoms with E-state index in [0.29, 0.717) is 33.2 Å². The summed E-state index contributed by atoms with van der Waals surface area (Å²) in [6, 6.07) is 17.9. The van der Waals surface area contributed by atoms with E-state index in [4.69, 9.17) is 18.6 Å². The number of para-hydroxylation sites is 1. The lowest BCUT2D eigenvalue weighted by atomic mass is 10.2. The first kappa shape index (κ1) is 27.1. The van der Waals surface area contributed by atoms with Crippen LogP contribution in [0.1, 0.15) is 19.4 Å². The number of carbonyl (C=O) groups excluding carboxylic acids is 1. The first-order valence-electron chi connectivity index (χ1n) is 12.6. The molecule has 0 radical (unpaired) electrons. The quantitative estimate of drug-likeness (QED) is 0.106. The molecule has 0 N–H and O–H groups in total. The van der Waals surface area contributed by atoms with E-state index in [1.807, 2.05) is 0 Å². The van der Waals surface area contributed by atoms with E-state index in [9.17, 15) is 19.7 Å². The summed E-state index contributed by atoms with van der Waals surface area (Å²) in [5.74, 6) is 0.219. The number of hydrogen-bond acceptors (Lipinski definition) is 10. The Bertz CT molecular complexity index is 1870. The Kier molecular flexibility index (Phi) is 7.46. The number of nitrogens with zero attached hydrogens (tertiary/aromatic N) is 4. The fraction of sp³-hybridized carbons (Fsp3) is 0.172. The summed E-state index contributed by atoms with van der Waals surface area (Å²) < 4.78 is 22.9. The molecule has 2 aromatic heterocycles. The molecule has 2 heterocycles. The summed E-state index contributed by atoms with van der Waals surface area (Å²) >= 11 is 0. The highest BCUT2D eigenvalue weighted by atomic mass is 16.6. The van der Waals surface area contributed by atoms with Crippen LogP contribution in [-0.4, -0.2) is 46.6 Å². The van der Waals surface area contributed by atoms with Crippen LogP contribution in [0.2, 0.25) is 0 Å². The van der Waals surface area contributed by atoms with Gasteiger partial charge in [0, 0.05) is 11.6 Å². The summed E-state index contributed by atoms with van der Waals surface area (Å²) in [5.41, 5.74) is 0.413. The smallest absolute Gasteiger partial charge is 0.347 e. The van der Waals surface area contributed by atoms with Crippen molar-refractivity contribution in [3.8, 4) is 23.1 Å². The number of nitro groups is 1. The summed E-state index contributed by atoms with van der Waals surface area (Å²) in [4.78, 5) is 41.2. The molecule has 5 aromatic rings. The maximum Gasteiger partial charge on any atom is 0.347 e. The average Bonchev–Trinajstić information content (AvgIpc) is 3.41. The van der Waals surface area contributed by atoms with Crippen LogP contribution in [0.5, 0.6) is 11.5 Å². The lowest BCUT2D eigenvalue weighted by molar-refractivity contribution is -0.386. The molecular weight excluding hydrogens is 532 g/mol. The highest BCUT2D eigenvalue weighted by Crippen LogP contribution is 2.33. The molecule has 208 valence electrons. The third-order valence-corrected chi connectivity index (χ3v) is 6.14. The number of carbonyl (C=O) groups is 1. The van der Waals surface area contributed by atoms with Crippen molar-refractivity contribution in [1.29, 1.82) is 0 Å². The first-order valence-corrected chi connectivity index (χ1v) is 12.6. The van der Waals surface area contributed by atoms with Gasteiger partial charge in [0.15, 0.2) is 17.6 Å². The van der Waals surface area contributed by atoms with Gasteiger partial charge >= 0.3 is 11.7 Å². The van der Waals surface area contributed by atoms with Gasteiger partial charge in [0.05, 0.1) is 41.1 Å². The summed E-state index contributed by atoms with van der Waals surface area (Å²) in [7, 11) is 1.54. The lowest BCUT2D eigenvalue weighted by Crippen LogP contribution is -2.26. The molecule has 41 heavy (non-hydrogen) atoms. The van der Waals surface area contributed by atoms with Gasteiger partial charge in [0.25, 0.3) is 5.56 Å². The van der Waals surface area contributed by atoms with Crippen molar-refractivity contribution < 1.29 is 28.3 Å². The van der Waals surface area contributed by atoms with Gasteiger partial charge in [0.2, 0.25) is 5.82 Å². The number of furan rings is 1. The molecule has 0 fully saturated rings. The maximum absolute atomic E-state index is 13.5. The van der Waals surface area contributed by atoms with Gasteiger partial charge in [0.1, 0.15) is 11.3 Å². The van der Waals surface area contributed by atoms with Crippen LogP contribution in [-0.2, 0) is 9.53 Å². The topological polar surface area (TPSA) is 148 Å². The van der Waals surface area contributed by atoms with E-state index in [1.54, 1.807) is 62.6 Å². The molecule has 3 aromatic carbocycles. The zero-order chi connectivity index (χ0) is 29.1. The molecule has 12 heteroatoms. The fourth-order valence-corrected chi connectivity index (χ4v) is 4.19. The fourth-order valence-electron chi connectivity index (χ4n) is 4.19. The van der Waals surface area contributed by atoms with Crippen LogP contribution in [0, 0.1) is 10.1 Å². The predicted octanol–water partition coefficient (Wildman–Crippen LogP) is 4.94. The third-order valence-electron chi connectivity index (χ3n) is 6.14. The van der Waals surface area contributed by atoms with E-state index in [2.05, 4.69) is 10.1 Å². The third kappa shape index (κ3) is 5.35. The normalized spacial score (nSPS) is 12.1. The van der Waals surface area contributed by atoms with Crippen molar-refractivity contribution in [2.24, 2.45) is 5.10 Å². The molecule has 0 aliphatic carbocycles. The number of methoxy groups -OCH3 is 1. The number of benzene rings is 3. The van der Waals surface area contributed by atoms with Crippen molar-refractivity contribution in [2.75, 3.05) is 13.7 Å². The summed E-state index contributed by atoms with van der Waals surface area (Å²) in [6.07, 6.45) is 0.233. The van der Waals surface area contributed by atoms with Gasteiger partial charge < -0.3 is 18.6 Å². The Balaban J connectivity index is 1.59. The summed E-state index contributed by atoms with van der Waals surface area (Å²) in [6.45, 7) is 3.23. The number of esters is 1. The van der Waals surface area contributed by atoms with Crippen LogP contribution in [0.15, 0.2) is 81.0 Å². The van der Waals surface area contributed by atoms with Crippen molar-refractivity contribution in [1.82, 2.24) is 9.66 Å². The van der Waals surface area contributed by atoms with Crippen molar-refractivity contribution in [3.63, 3.8) is 0 Å². The van der Waals surface area contributed by atoms with Crippen LogP contribution >= 0.6 is 0 Å². The Morgan fingerprint density at radius 1 is 1.12 bits per heavy atom. The molecule has 5 rings (SSSR count). The number of nitro benzene ring substituents is 1. The molecule has 0 saturated heterocycles. The van der Waals surface area contributed by atoms with Crippen LogP contribution in [0.25, 0.3) is 33.5 Å². The number of aromatic nitrogens is 2. The first-order chi connectivity index (χ1) is 19.8. The maximum atomic E-state index is 13.5. The van der Waals surface area contributed by atoms with Gasteiger partial charge in [-0.25, -0.2) is 9.78 Å². The zero-order valence-electron chi connectivity index (χ0n) is 22.3. The molecule has 0 unspecified atom stereocenters. The molecule has 0 aliphatic heterocycles. The highest BCUT2D eigenvalue weighted by Gasteiger charge is 2.23. The Morgan fingerprint density at radius 2 is 1.93 bits per heavy atom. The largest absolute Gasteiger partial charge is 0.496 e. The SMILES string of the molecule is CCOC(=O)[C@@H](C)Oc1ccc(C=Nn2c(-c3cc4c(OC)cccc4o3)nc3ccccc3c2=O)cc1[N+](=O)[O-].